The molecule has 0 radical (unpaired) electrons. The van der Waals surface area contributed by atoms with Gasteiger partial charge in [-0.15, -0.1) is 0 Å². The van der Waals surface area contributed by atoms with Gasteiger partial charge in [0.05, 0.1) is 0 Å². The Hall–Kier alpha value is 1.40. The van der Waals surface area contributed by atoms with E-state index in [1.54, 1.807) is 0 Å². The Morgan fingerprint density at radius 1 is 0.789 bits per heavy atom. The summed E-state index contributed by atoms with van der Waals surface area (Å²) in [7, 11) is -4.67. The molecule has 0 aromatic carbocycles. The van der Waals surface area contributed by atoms with Gasteiger partial charge in [0.15, 0.2) is 17.4 Å². The van der Waals surface area contributed by atoms with E-state index in [1.165, 1.54) is 95.8 Å². The van der Waals surface area contributed by atoms with Crippen LogP contribution in [0.5, 0.6) is 0 Å². The van der Waals surface area contributed by atoms with E-state index >= 15 is 0 Å². The van der Waals surface area contributed by atoms with Gasteiger partial charge in [0, 0.05) is 0 Å². The topological polar surface area (TPSA) is 74.6 Å². The molecule has 0 saturated carbocycles. The van der Waals surface area contributed by atoms with Crippen molar-refractivity contribution in [3.63, 3.8) is 0 Å². The minimum atomic E-state index is -4.67. The van der Waals surface area contributed by atoms with Crippen molar-refractivity contribution in [2.75, 3.05) is 0 Å². The first-order valence-corrected chi connectivity index (χ1v) is 9.92. The molecular formula is C12H30AlNaO4S. The fourth-order valence-corrected chi connectivity index (χ4v) is 2.24. The Labute approximate surface area is 147 Å². The maximum atomic E-state index is 8.74. The van der Waals surface area contributed by atoms with Crippen molar-refractivity contribution in [1.82, 2.24) is 0 Å². The minimum Gasteiger partial charge on any atom is -0.264 e. The van der Waals surface area contributed by atoms with Crippen molar-refractivity contribution in [2.45, 2.75) is 74.8 Å². The zero-order valence-electron chi connectivity index (χ0n) is 11.9. The zero-order chi connectivity index (χ0) is 14.3. The van der Waals surface area contributed by atoms with Gasteiger partial charge in [-0.3, -0.25) is 9.11 Å². The number of unbranched alkanes of at least 4 members (excludes halogenated alkanes) is 9. The van der Waals surface area contributed by atoms with Gasteiger partial charge >= 0.3 is 113 Å². The van der Waals surface area contributed by atoms with Gasteiger partial charge < -0.3 is 0 Å². The van der Waals surface area contributed by atoms with Crippen LogP contribution < -0.4 is 0 Å². The van der Waals surface area contributed by atoms with E-state index in [-0.39, 0.29) is 17.4 Å². The molecule has 0 atom stereocenters. The summed E-state index contributed by atoms with van der Waals surface area (Å²) in [5.41, 5.74) is 0. The largest absolute Gasteiger partial charge is 0.394 e. The van der Waals surface area contributed by atoms with Crippen LogP contribution >= 0.6 is 0 Å². The first-order valence-electron chi connectivity index (χ1n) is 7.11. The Kier molecular flexibility index (Phi) is 25.9. The van der Waals surface area contributed by atoms with Crippen molar-refractivity contribution in [3.8, 4) is 0 Å². The maximum Gasteiger partial charge on any atom is 0.394 e. The molecule has 0 spiro atoms. The minimum absolute atomic E-state index is 0. The molecule has 0 unspecified atom stereocenters. The van der Waals surface area contributed by atoms with Crippen molar-refractivity contribution in [2.24, 2.45) is 0 Å². The smallest absolute Gasteiger partial charge is 0.264 e. The summed E-state index contributed by atoms with van der Waals surface area (Å²) in [5.74, 6) is 0. The first kappa shape index (κ1) is 25.4. The SMILES string of the molecule is CCCCCCCCCCC[CH2][Na].O=S(=O)(O)O.[AlH3]. The number of rotatable bonds is 10. The van der Waals surface area contributed by atoms with E-state index in [4.69, 9.17) is 17.5 Å². The molecule has 0 bridgehead atoms. The molecule has 7 heteroatoms. The molecule has 0 aromatic rings. The van der Waals surface area contributed by atoms with Crippen LogP contribution in [-0.4, -0.2) is 62.8 Å². The second-order valence-corrected chi connectivity index (χ2v) is 6.53. The summed E-state index contributed by atoms with van der Waals surface area (Å²) in [6, 6.07) is 0. The Bertz CT molecular complexity index is 230. The Balaban J connectivity index is -0.000000366. The molecular weight excluding hydrogens is 290 g/mol. The normalized spacial score (nSPS) is 10.4. The molecule has 0 saturated heterocycles. The zero-order valence-corrected chi connectivity index (χ0v) is 14.7. The molecule has 0 rings (SSSR count). The maximum absolute atomic E-state index is 8.74. The molecule has 19 heavy (non-hydrogen) atoms. The quantitative estimate of drug-likeness (QED) is 0.369. The average molecular weight is 320 g/mol. The van der Waals surface area contributed by atoms with Crippen LogP contribution in [0.25, 0.3) is 0 Å². The van der Waals surface area contributed by atoms with E-state index in [0.717, 1.165) is 0 Å². The molecule has 2 N–H and O–H groups in total. The third-order valence-electron chi connectivity index (χ3n) is 2.71. The van der Waals surface area contributed by atoms with Gasteiger partial charge in [0.1, 0.15) is 0 Å². The predicted molar refractivity (Wildman–Crippen MR) is 86.5 cm³/mol. The third-order valence-corrected chi connectivity index (χ3v) is 3.41. The Morgan fingerprint density at radius 2 is 1.05 bits per heavy atom. The third kappa shape index (κ3) is 45.2. The van der Waals surface area contributed by atoms with Gasteiger partial charge in [-0.1, -0.05) is 0 Å². The monoisotopic (exact) mass is 320 g/mol. The van der Waals surface area contributed by atoms with Gasteiger partial charge in [0.2, 0.25) is 0 Å². The number of hydrogen-bond acceptors (Lipinski definition) is 2. The van der Waals surface area contributed by atoms with Crippen LogP contribution in [0.3, 0.4) is 0 Å². The first-order chi connectivity index (χ1) is 8.41. The molecule has 0 fully saturated rings. The van der Waals surface area contributed by atoms with E-state index < -0.39 is 10.4 Å². The van der Waals surface area contributed by atoms with Crippen LogP contribution in [0, 0.1) is 0 Å². The van der Waals surface area contributed by atoms with Crippen molar-refractivity contribution in [1.29, 1.82) is 0 Å². The summed E-state index contributed by atoms with van der Waals surface area (Å²) in [5, 5.41) is 0. The van der Waals surface area contributed by atoms with Crippen molar-refractivity contribution < 1.29 is 17.5 Å². The van der Waals surface area contributed by atoms with E-state index in [9.17, 15) is 0 Å². The van der Waals surface area contributed by atoms with E-state index in [1.807, 2.05) is 0 Å². The second-order valence-electron chi connectivity index (χ2n) is 4.63. The molecule has 0 aliphatic carbocycles. The molecule has 0 aromatic heterocycles. The average Bonchev–Trinajstić information content (AvgIpc) is 2.25. The van der Waals surface area contributed by atoms with Gasteiger partial charge in [0.25, 0.3) is 0 Å². The second kappa shape index (κ2) is 19.4. The van der Waals surface area contributed by atoms with E-state index in [2.05, 4.69) is 6.92 Å². The summed E-state index contributed by atoms with van der Waals surface area (Å²) >= 11 is 1.41. The molecule has 0 aliphatic heterocycles. The molecule has 0 amide bonds. The molecule has 112 valence electrons. The summed E-state index contributed by atoms with van der Waals surface area (Å²) in [4.78, 5) is 0. The molecule has 4 nitrogen and oxygen atoms in total. The molecule has 0 aliphatic rings. The van der Waals surface area contributed by atoms with Gasteiger partial charge in [-0.2, -0.15) is 8.42 Å². The van der Waals surface area contributed by atoms with Gasteiger partial charge in [-0.25, -0.2) is 0 Å². The van der Waals surface area contributed by atoms with E-state index in [0.29, 0.717) is 0 Å². The summed E-state index contributed by atoms with van der Waals surface area (Å²) in [6.45, 7) is 2.29. The van der Waals surface area contributed by atoms with Crippen molar-refractivity contribution >= 4 is 55.7 Å². The van der Waals surface area contributed by atoms with Crippen LogP contribution in [-0.2, 0) is 10.4 Å². The summed E-state index contributed by atoms with van der Waals surface area (Å²) < 4.78 is 33.1. The molecule has 0 heterocycles. The Morgan fingerprint density at radius 3 is 1.32 bits per heavy atom. The van der Waals surface area contributed by atoms with Crippen LogP contribution in [0.4, 0.5) is 0 Å². The fraction of sp³-hybridized carbons (Fsp3) is 1.00. The van der Waals surface area contributed by atoms with Crippen molar-refractivity contribution in [3.05, 3.63) is 0 Å². The predicted octanol–water partition coefficient (Wildman–Crippen LogP) is 2.66. The van der Waals surface area contributed by atoms with Crippen LogP contribution in [0.1, 0.15) is 71.1 Å². The summed E-state index contributed by atoms with van der Waals surface area (Å²) in [6.07, 6.45) is 14.7. The fourth-order valence-electron chi connectivity index (χ4n) is 1.74. The standard InChI is InChI=1S/C12H25.Al.Na.H2O4S.3H/c1-3-5-7-9-11-12-10-8-6-4-2;;;1-5(2,3)4;;;/h1,3-12H2,2H3;;;(H2,1,2,3,4);;;. The number of hydrogen-bond donors (Lipinski definition) is 2. The van der Waals surface area contributed by atoms with Crippen LogP contribution in [0.15, 0.2) is 0 Å². The van der Waals surface area contributed by atoms with Crippen LogP contribution in [0.2, 0.25) is 3.67 Å². The van der Waals surface area contributed by atoms with Gasteiger partial charge in [-0.05, 0) is 0 Å².